The number of amides is 1. The molecule has 1 aromatic heterocycles. The number of alkyl halides is 3. The summed E-state index contributed by atoms with van der Waals surface area (Å²) in [6, 6.07) is 12.5. The van der Waals surface area contributed by atoms with E-state index in [1.165, 1.54) is 24.3 Å². The highest BCUT2D eigenvalue weighted by molar-refractivity contribution is 7.88. The number of ether oxygens (including phenoxy) is 1. The second kappa shape index (κ2) is 11.4. The Morgan fingerprint density at radius 2 is 1.63 bits per heavy atom. The zero-order valence-corrected chi connectivity index (χ0v) is 22.9. The molecule has 0 saturated carbocycles. The molecule has 3 aromatic rings. The van der Waals surface area contributed by atoms with Crippen LogP contribution in [0.3, 0.4) is 0 Å². The van der Waals surface area contributed by atoms with E-state index in [0.717, 1.165) is 28.9 Å². The molecule has 216 valence electrons. The lowest BCUT2D eigenvalue weighted by Crippen LogP contribution is -2.31. The van der Waals surface area contributed by atoms with Crippen molar-refractivity contribution in [3.8, 4) is 5.75 Å². The minimum Gasteiger partial charge on any atom is -0.406 e. The molecule has 41 heavy (non-hydrogen) atoms. The summed E-state index contributed by atoms with van der Waals surface area (Å²) in [7, 11) is -3.52. The fourth-order valence-electron chi connectivity index (χ4n) is 4.38. The van der Waals surface area contributed by atoms with Crippen LogP contribution in [0.4, 0.5) is 19.0 Å². The molecule has 1 N–H and O–H groups in total. The van der Waals surface area contributed by atoms with Crippen LogP contribution >= 0.6 is 0 Å². The van der Waals surface area contributed by atoms with Gasteiger partial charge in [0.15, 0.2) is 11.6 Å². The van der Waals surface area contributed by atoms with E-state index < -0.39 is 51.6 Å². The van der Waals surface area contributed by atoms with Crippen LogP contribution in [0.15, 0.2) is 60.7 Å². The molecule has 0 bridgehead atoms. The lowest BCUT2D eigenvalue weighted by atomic mass is 9.86. The second-order valence-electron chi connectivity index (χ2n) is 9.70. The first-order valence-corrected chi connectivity index (χ1v) is 14.2. The maximum atomic E-state index is 13.7. The van der Waals surface area contributed by atoms with Gasteiger partial charge < -0.3 is 4.74 Å². The van der Waals surface area contributed by atoms with Crippen molar-refractivity contribution in [2.24, 2.45) is 5.92 Å². The lowest BCUT2D eigenvalue weighted by molar-refractivity contribution is -0.274. The fourth-order valence-corrected chi connectivity index (χ4v) is 4.79. The number of anilines is 1. The summed E-state index contributed by atoms with van der Waals surface area (Å²) in [6.45, 7) is 3.76. The van der Waals surface area contributed by atoms with Gasteiger partial charge in [0.1, 0.15) is 11.7 Å². The van der Waals surface area contributed by atoms with Crippen molar-refractivity contribution in [2.75, 3.05) is 11.2 Å². The minimum atomic E-state index is -4.93. The number of sulfonamides is 1. The molecule has 1 amide bonds. The van der Waals surface area contributed by atoms with Gasteiger partial charge in [0.05, 0.1) is 24.5 Å². The van der Waals surface area contributed by atoms with E-state index in [9.17, 15) is 36.0 Å². The molecule has 2 aromatic carbocycles. The highest BCUT2D eigenvalue weighted by Crippen LogP contribution is 2.41. The summed E-state index contributed by atoms with van der Waals surface area (Å²) in [5, 5.41) is 7.88. The van der Waals surface area contributed by atoms with Crippen LogP contribution < -0.4 is 14.4 Å². The third-order valence-corrected chi connectivity index (χ3v) is 7.04. The maximum Gasteiger partial charge on any atom is 0.573 e. The van der Waals surface area contributed by atoms with Crippen molar-refractivity contribution < 1.29 is 40.7 Å². The van der Waals surface area contributed by atoms with E-state index in [-0.39, 0.29) is 35.1 Å². The summed E-state index contributed by atoms with van der Waals surface area (Å²) in [6.07, 6.45) is -3.97. The number of hydrogen-bond donors (Lipinski definition) is 1. The summed E-state index contributed by atoms with van der Waals surface area (Å²) < 4.78 is 67.0. The van der Waals surface area contributed by atoms with E-state index in [0.29, 0.717) is 0 Å². The molecule has 0 aliphatic carbocycles. The van der Waals surface area contributed by atoms with E-state index in [1.807, 2.05) is 13.8 Å². The number of aromatic nitrogens is 2. The van der Waals surface area contributed by atoms with Gasteiger partial charge in [0.2, 0.25) is 15.8 Å². The normalized spacial score (nSPS) is 17.8. The molecule has 1 saturated heterocycles. The average molecular weight is 591 g/mol. The zero-order valence-electron chi connectivity index (χ0n) is 22.0. The largest absolute Gasteiger partial charge is 0.573 e. The Kier molecular flexibility index (Phi) is 8.27. The zero-order chi connectivity index (χ0) is 30.1. The molecule has 0 radical (unpaired) electrons. The van der Waals surface area contributed by atoms with Crippen LogP contribution in [0.2, 0.25) is 0 Å². The van der Waals surface area contributed by atoms with Crippen LogP contribution in [0, 0.1) is 5.92 Å². The molecular weight excluding hydrogens is 565 g/mol. The number of benzene rings is 2. The monoisotopic (exact) mass is 590 g/mol. The van der Waals surface area contributed by atoms with Gasteiger partial charge in [-0.25, -0.2) is 13.1 Å². The Hall–Kier alpha value is -4.17. The van der Waals surface area contributed by atoms with E-state index in [1.54, 1.807) is 24.3 Å². The molecule has 1 aliphatic rings. The Balaban J connectivity index is 1.74. The molecule has 1 fully saturated rings. The molecule has 2 atom stereocenters. The summed E-state index contributed by atoms with van der Waals surface area (Å²) in [5.74, 6) is -4.72. The molecule has 10 nitrogen and oxygen atoms in total. The number of Topliss-reactive ketones (excluding diaryl/α,β-unsaturated/α-hetero) is 2. The third kappa shape index (κ3) is 6.95. The first-order valence-electron chi connectivity index (χ1n) is 12.3. The molecule has 1 aliphatic heterocycles. The van der Waals surface area contributed by atoms with Crippen molar-refractivity contribution >= 4 is 33.3 Å². The van der Waals surface area contributed by atoms with E-state index in [2.05, 4.69) is 19.7 Å². The number of nitrogens with one attached hydrogen (secondary N) is 1. The highest BCUT2D eigenvalue weighted by Gasteiger charge is 2.53. The summed E-state index contributed by atoms with van der Waals surface area (Å²) in [4.78, 5) is 41.2. The van der Waals surface area contributed by atoms with Gasteiger partial charge >= 0.3 is 6.36 Å². The van der Waals surface area contributed by atoms with Crippen molar-refractivity contribution in [3.05, 3.63) is 83.0 Å². The molecule has 0 spiro atoms. The quantitative estimate of drug-likeness (QED) is 0.226. The van der Waals surface area contributed by atoms with Gasteiger partial charge in [-0.1, -0.05) is 50.2 Å². The Morgan fingerprint density at radius 3 is 2.15 bits per heavy atom. The average Bonchev–Trinajstić information content (AvgIpc) is 3.16. The highest BCUT2D eigenvalue weighted by atomic mass is 32.2. The number of ketones is 2. The molecular formula is C27H25F3N4O6S. The van der Waals surface area contributed by atoms with Gasteiger partial charge in [-0.05, 0) is 41.3 Å². The summed E-state index contributed by atoms with van der Waals surface area (Å²) in [5.41, 5.74) is 1.52. The van der Waals surface area contributed by atoms with Crippen molar-refractivity contribution in [1.29, 1.82) is 0 Å². The topological polar surface area (TPSA) is 136 Å². The minimum absolute atomic E-state index is 0.113. The standard InChI is InChI=1S/C27H25F3N4O6S/c1-15(2)16-4-6-18(7-5-16)24(35)22-23(17-8-11-20(12-9-17)40-27(28,29)30)34(26(37)25(22)36)21-13-10-19(32-33-21)14-31-41(3,38)39/h4-13,15,22-23,31H,14H2,1-3H3. The van der Waals surface area contributed by atoms with Crippen molar-refractivity contribution in [3.63, 3.8) is 0 Å². The van der Waals surface area contributed by atoms with E-state index in [4.69, 9.17) is 0 Å². The predicted molar refractivity (Wildman–Crippen MR) is 140 cm³/mol. The number of carbonyl (C=O) groups excluding carboxylic acids is 3. The number of hydrogen-bond acceptors (Lipinski definition) is 8. The summed E-state index contributed by atoms with van der Waals surface area (Å²) >= 11 is 0. The van der Waals surface area contributed by atoms with Crippen LogP contribution in [0.25, 0.3) is 0 Å². The molecule has 4 rings (SSSR count). The third-order valence-electron chi connectivity index (χ3n) is 6.37. The maximum absolute atomic E-state index is 13.7. The van der Waals surface area contributed by atoms with Crippen LogP contribution in [-0.2, 0) is 26.2 Å². The van der Waals surface area contributed by atoms with Crippen molar-refractivity contribution in [1.82, 2.24) is 14.9 Å². The first kappa shape index (κ1) is 29.8. The van der Waals surface area contributed by atoms with Gasteiger partial charge in [-0.15, -0.1) is 18.3 Å². The predicted octanol–water partition coefficient (Wildman–Crippen LogP) is 3.70. The van der Waals surface area contributed by atoms with Crippen molar-refractivity contribution in [2.45, 2.75) is 38.7 Å². The van der Waals surface area contributed by atoms with E-state index >= 15 is 0 Å². The second-order valence-corrected chi connectivity index (χ2v) is 11.5. The number of halogens is 3. The van der Waals surface area contributed by atoms with Crippen LogP contribution in [-0.4, -0.2) is 48.7 Å². The van der Waals surface area contributed by atoms with Crippen LogP contribution in [0.1, 0.15) is 53.0 Å². The molecule has 2 unspecified atom stereocenters. The first-order chi connectivity index (χ1) is 19.1. The van der Waals surface area contributed by atoms with Crippen LogP contribution in [0.5, 0.6) is 5.75 Å². The Morgan fingerprint density at radius 1 is 1.00 bits per heavy atom. The number of rotatable bonds is 9. The van der Waals surface area contributed by atoms with Gasteiger partial charge in [-0.3, -0.25) is 19.3 Å². The fraction of sp³-hybridized carbons (Fsp3) is 0.296. The lowest BCUT2D eigenvalue weighted by Gasteiger charge is -2.26. The number of carbonyl (C=O) groups is 3. The Bertz CT molecular complexity index is 1560. The van der Waals surface area contributed by atoms with Gasteiger partial charge in [-0.2, -0.15) is 5.10 Å². The molecule has 2 heterocycles. The molecule has 14 heteroatoms. The van der Waals surface area contributed by atoms with Gasteiger partial charge in [0, 0.05) is 5.56 Å². The smallest absolute Gasteiger partial charge is 0.406 e. The Labute approximate surface area is 233 Å². The van der Waals surface area contributed by atoms with Gasteiger partial charge in [0.25, 0.3) is 5.91 Å². The SMILES string of the molecule is CC(C)c1ccc(C(=O)C2C(=O)C(=O)N(c3ccc(CNS(C)(=O)=O)nn3)C2c2ccc(OC(F)(F)F)cc2)cc1. The number of nitrogens with zero attached hydrogens (tertiary/aromatic N) is 3.